The summed E-state index contributed by atoms with van der Waals surface area (Å²) in [6.07, 6.45) is 4.21. The van der Waals surface area contributed by atoms with E-state index in [0.29, 0.717) is 29.2 Å². The largest absolute Gasteiger partial charge is 0.494 e. The Bertz CT molecular complexity index is 1250. The molecule has 0 aromatic heterocycles. The Morgan fingerprint density at radius 1 is 0.971 bits per heavy atom. The van der Waals surface area contributed by atoms with Crippen LogP contribution in [0.3, 0.4) is 0 Å². The van der Waals surface area contributed by atoms with Gasteiger partial charge in [-0.3, -0.25) is 9.59 Å². The molecule has 3 aromatic carbocycles. The summed E-state index contributed by atoms with van der Waals surface area (Å²) in [5, 5.41) is 2.73. The second-order valence-corrected chi connectivity index (χ2v) is 7.92. The van der Waals surface area contributed by atoms with E-state index in [0.717, 1.165) is 23.3 Å². The van der Waals surface area contributed by atoms with Gasteiger partial charge in [0.05, 0.1) is 12.2 Å². The van der Waals surface area contributed by atoms with E-state index < -0.39 is 0 Å². The maximum absolute atomic E-state index is 12.5. The van der Waals surface area contributed by atoms with Crippen LogP contribution >= 0.6 is 0 Å². The Morgan fingerprint density at radius 3 is 2.43 bits per heavy atom. The monoisotopic (exact) mass is 471 g/mol. The maximum atomic E-state index is 12.5. The Kier molecular flexibility index (Phi) is 7.57. The van der Waals surface area contributed by atoms with Gasteiger partial charge in [-0.1, -0.05) is 25.1 Å². The number of rotatable bonds is 10. The quantitative estimate of drug-likeness (QED) is 0.253. The Morgan fingerprint density at radius 2 is 1.69 bits per heavy atom. The lowest BCUT2D eigenvalue weighted by Crippen LogP contribution is -2.20. The fourth-order valence-corrected chi connectivity index (χ4v) is 3.44. The zero-order valence-electron chi connectivity index (χ0n) is 19.3. The molecular formula is C28H25NO6. The van der Waals surface area contributed by atoms with Gasteiger partial charge in [0.2, 0.25) is 0 Å². The lowest BCUT2D eigenvalue weighted by Gasteiger charge is -2.08. The number of ether oxygens (including phenoxy) is 3. The van der Waals surface area contributed by atoms with Crippen LogP contribution in [0.4, 0.5) is 5.69 Å². The molecule has 1 aliphatic heterocycles. The number of ketones is 1. The predicted molar refractivity (Wildman–Crippen MR) is 132 cm³/mol. The predicted octanol–water partition coefficient (Wildman–Crippen LogP) is 5.06. The lowest BCUT2D eigenvalue weighted by atomic mass is 10.1. The first-order valence-electron chi connectivity index (χ1n) is 11.3. The summed E-state index contributed by atoms with van der Waals surface area (Å²) in [5.74, 6) is 0.434. The summed E-state index contributed by atoms with van der Waals surface area (Å²) < 4.78 is 16.0. The number of benzene rings is 3. The van der Waals surface area contributed by atoms with Crippen LogP contribution in [0.15, 0.2) is 72.8 Å². The Hall–Kier alpha value is -4.39. The van der Waals surface area contributed by atoms with Gasteiger partial charge >= 0.3 is 5.97 Å². The van der Waals surface area contributed by atoms with Crippen LogP contribution in [0.1, 0.15) is 45.2 Å². The first-order valence-corrected chi connectivity index (χ1v) is 11.3. The van der Waals surface area contributed by atoms with Crippen molar-refractivity contribution in [1.29, 1.82) is 0 Å². The Balaban J connectivity index is 1.26. The highest BCUT2D eigenvalue weighted by Crippen LogP contribution is 2.23. The molecule has 0 atom stereocenters. The zero-order valence-corrected chi connectivity index (χ0v) is 19.3. The van der Waals surface area contributed by atoms with Gasteiger partial charge in [0, 0.05) is 16.8 Å². The number of carbonyl (C=O) groups is 3. The second kappa shape index (κ2) is 11.2. The van der Waals surface area contributed by atoms with Crippen molar-refractivity contribution < 1.29 is 28.6 Å². The van der Waals surface area contributed by atoms with Crippen molar-refractivity contribution in [3.63, 3.8) is 0 Å². The highest BCUT2D eigenvalue weighted by atomic mass is 16.5. The minimum atomic E-state index is -0.356. The third kappa shape index (κ3) is 6.35. The van der Waals surface area contributed by atoms with Crippen LogP contribution in [-0.4, -0.2) is 30.9 Å². The number of anilines is 1. The molecule has 0 unspecified atom stereocenters. The Labute approximate surface area is 203 Å². The first kappa shape index (κ1) is 23.8. The van der Waals surface area contributed by atoms with Gasteiger partial charge in [0.25, 0.3) is 5.91 Å². The number of cyclic esters (lactones) is 1. The molecule has 7 heteroatoms. The molecule has 0 radical (unpaired) electrons. The molecule has 0 fully saturated rings. The highest BCUT2D eigenvalue weighted by Gasteiger charge is 2.21. The van der Waals surface area contributed by atoms with Crippen LogP contribution in [0.5, 0.6) is 11.5 Å². The zero-order chi connectivity index (χ0) is 24.6. The van der Waals surface area contributed by atoms with E-state index in [1.807, 2.05) is 24.3 Å². The van der Waals surface area contributed by atoms with E-state index in [1.165, 1.54) is 6.08 Å². The van der Waals surface area contributed by atoms with Gasteiger partial charge in [0.1, 0.15) is 18.1 Å². The third-order valence-electron chi connectivity index (χ3n) is 5.26. The number of hydrogen-bond acceptors (Lipinski definition) is 6. The van der Waals surface area contributed by atoms with Gasteiger partial charge in [-0.05, 0) is 72.7 Å². The molecule has 7 nitrogen and oxygen atoms in total. The van der Waals surface area contributed by atoms with Gasteiger partial charge in [0.15, 0.2) is 12.4 Å². The van der Waals surface area contributed by atoms with E-state index in [1.54, 1.807) is 48.5 Å². The molecule has 1 N–H and O–H groups in total. The molecule has 1 amide bonds. The van der Waals surface area contributed by atoms with Crippen LogP contribution in [0, 0.1) is 0 Å². The van der Waals surface area contributed by atoms with Crippen molar-refractivity contribution in [1.82, 2.24) is 0 Å². The van der Waals surface area contributed by atoms with Crippen LogP contribution in [0.2, 0.25) is 0 Å². The molecule has 178 valence electrons. The van der Waals surface area contributed by atoms with Gasteiger partial charge in [-0.2, -0.15) is 0 Å². The number of carbonyl (C=O) groups excluding carboxylic acids is 3. The van der Waals surface area contributed by atoms with Crippen LogP contribution < -0.4 is 14.8 Å². The van der Waals surface area contributed by atoms with Crippen molar-refractivity contribution >= 4 is 29.4 Å². The average molecular weight is 472 g/mol. The molecule has 0 bridgehead atoms. The molecule has 3 aromatic rings. The highest BCUT2D eigenvalue weighted by molar-refractivity contribution is 6.06. The summed E-state index contributed by atoms with van der Waals surface area (Å²) in [5.41, 5.74) is 3.22. The summed E-state index contributed by atoms with van der Waals surface area (Å²) in [6.45, 7) is 2.73. The van der Waals surface area contributed by atoms with Crippen molar-refractivity contribution in [3.8, 4) is 11.5 Å². The van der Waals surface area contributed by atoms with E-state index in [-0.39, 0.29) is 30.9 Å². The van der Waals surface area contributed by atoms with Crippen molar-refractivity contribution in [2.45, 2.75) is 20.0 Å². The minimum absolute atomic E-state index is 0.139. The standard InChI is InChI=1S/C28H25NO6/c1-2-15-33-23-9-3-19(4-10-23)5-14-26(30)20-6-11-24(12-7-20)34-18-27(31)29-22-8-13-25-21(16-22)17-35-28(25)32/h3-14,16H,2,15,17-18H2,1H3,(H,29,31)/b14-5+. The van der Waals surface area contributed by atoms with Gasteiger partial charge in [-0.25, -0.2) is 4.79 Å². The van der Waals surface area contributed by atoms with Crippen molar-refractivity contribution in [2.75, 3.05) is 18.5 Å². The smallest absolute Gasteiger partial charge is 0.338 e. The molecule has 1 heterocycles. The van der Waals surface area contributed by atoms with Crippen LogP contribution in [0.25, 0.3) is 6.08 Å². The third-order valence-corrected chi connectivity index (χ3v) is 5.26. The number of allylic oxidation sites excluding steroid dienone is 1. The molecular weight excluding hydrogens is 446 g/mol. The van der Waals surface area contributed by atoms with Crippen molar-refractivity contribution in [3.05, 3.63) is 95.1 Å². The van der Waals surface area contributed by atoms with Gasteiger partial charge in [-0.15, -0.1) is 0 Å². The maximum Gasteiger partial charge on any atom is 0.338 e. The normalized spacial score (nSPS) is 12.2. The lowest BCUT2D eigenvalue weighted by molar-refractivity contribution is -0.118. The van der Waals surface area contributed by atoms with E-state index in [9.17, 15) is 14.4 Å². The first-order chi connectivity index (χ1) is 17.0. The second-order valence-electron chi connectivity index (χ2n) is 7.92. The molecule has 1 aliphatic rings. The summed E-state index contributed by atoms with van der Waals surface area (Å²) >= 11 is 0. The average Bonchev–Trinajstić information content (AvgIpc) is 3.25. The van der Waals surface area contributed by atoms with Crippen molar-refractivity contribution in [2.24, 2.45) is 0 Å². The topological polar surface area (TPSA) is 90.9 Å². The summed E-state index contributed by atoms with van der Waals surface area (Å²) in [4.78, 5) is 36.2. The summed E-state index contributed by atoms with van der Waals surface area (Å²) in [6, 6.07) is 19.1. The number of hydrogen-bond donors (Lipinski definition) is 1. The number of esters is 1. The molecule has 0 saturated heterocycles. The number of amides is 1. The molecule has 0 saturated carbocycles. The fourth-order valence-electron chi connectivity index (χ4n) is 3.44. The van der Waals surface area contributed by atoms with E-state index in [2.05, 4.69) is 12.2 Å². The molecule has 35 heavy (non-hydrogen) atoms. The summed E-state index contributed by atoms with van der Waals surface area (Å²) in [7, 11) is 0. The SMILES string of the molecule is CCCOc1ccc(/C=C/C(=O)c2ccc(OCC(=O)Nc3ccc4c(c3)COC4=O)cc2)cc1. The molecule has 4 rings (SSSR count). The van der Waals surface area contributed by atoms with E-state index in [4.69, 9.17) is 14.2 Å². The number of fused-ring (bicyclic) bond motifs is 1. The molecule has 0 aliphatic carbocycles. The van der Waals surface area contributed by atoms with Gasteiger partial charge < -0.3 is 19.5 Å². The number of nitrogens with one attached hydrogen (secondary N) is 1. The van der Waals surface area contributed by atoms with Crippen LogP contribution in [-0.2, 0) is 16.1 Å². The fraction of sp³-hybridized carbons (Fsp3) is 0.179. The molecule has 0 spiro atoms. The minimum Gasteiger partial charge on any atom is -0.494 e. The van der Waals surface area contributed by atoms with E-state index >= 15 is 0 Å².